The molecule has 20 heavy (non-hydrogen) atoms. The summed E-state index contributed by atoms with van der Waals surface area (Å²) in [5.41, 5.74) is 0. The lowest BCUT2D eigenvalue weighted by Gasteiger charge is -2.16. The van der Waals surface area contributed by atoms with Crippen molar-refractivity contribution in [1.82, 2.24) is 5.32 Å². The quantitative estimate of drug-likeness (QED) is 0.527. The zero-order valence-corrected chi connectivity index (χ0v) is 13.2. The van der Waals surface area contributed by atoms with Crippen molar-refractivity contribution in [2.24, 2.45) is 11.8 Å². The summed E-state index contributed by atoms with van der Waals surface area (Å²) in [5.74, 6) is -0.330. The third-order valence-electron chi connectivity index (χ3n) is 4.59. The zero-order valence-electron chi connectivity index (χ0n) is 13.2. The number of hydrogen-bond donors (Lipinski definition) is 2. The minimum Gasteiger partial charge on any atom is -0.481 e. The summed E-state index contributed by atoms with van der Waals surface area (Å²) in [7, 11) is 0. The Hall–Kier alpha value is -0.570. The molecular formula is C17H33NO2. The van der Waals surface area contributed by atoms with Gasteiger partial charge in [-0.1, -0.05) is 58.3 Å². The van der Waals surface area contributed by atoms with Crippen molar-refractivity contribution in [1.29, 1.82) is 0 Å². The Kier molecular flexibility index (Phi) is 9.73. The molecule has 118 valence electrons. The van der Waals surface area contributed by atoms with Crippen LogP contribution in [0.3, 0.4) is 0 Å². The van der Waals surface area contributed by atoms with E-state index in [2.05, 4.69) is 12.2 Å². The van der Waals surface area contributed by atoms with Gasteiger partial charge in [-0.15, -0.1) is 0 Å². The molecular weight excluding hydrogens is 250 g/mol. The summed E-state index contributed by atoms with van der Waals surface area (Å²) in [6.07, 6.45) is 13.8. The molecule has 2 N–H and O–H groups in total. The number of carboxylic acid groups (broad SMARTS) is 1. The summed E-state index contributed by atoms with van der Waals surface area (Å²) >= 11 is 0. The lowest BCUT2D eigenvalue weighted by Crippen LogP contribution is -2.29. The van der Waals surface area contributed by atoms with E-state index >= 15 is 0 Å². The largest absolute Gasteiger partial charge is 0.481 e. The average molecular weight is 283 g/mol. The number of rotatable bonds is 12. The first kappa shape index (κ1) is 17.5. The van der Waals surface area contributed by atoms with Gasteiger partial charge in [-0.3, -0.25) is 4.79 Å². The van der Waals surface area contributed by atoms with E-state index in [1.54, 1.807) is 0 Å². The van der Waals surface area contributed by atoms with Gasteiger partial charge in [0.15, 0.2) is 0 Å². The third kappa shape index (κ3) is 7.28. The second-order valence-corrected chi connectivity index (χ2v) is 6.31. The molecule has 2 unspecified atom stereocenters. The Morgan fingerprint density at radius 3 is 2.35 bits per heavy atom. The lowest BCUT2D eigenvalue weighted by atomic mass is 9.96. The molecule has 0 amide bonds. The van der Waals surface area contributed by atoms with Crippen LogP contribution < -0.4 is 5.32 Å². The van der Waals surface area contributed by atoms with Crippen LogP contribution in [0.5, 0.6) is 0 Å². The predicted octanol–water partition coefficient (Wildman–Crippen LogP) is 4.22. The lowest BCUT2D eigenvalue weighted by molar-refractivity contribution is -0.142. The van der Waals surface area contributed by atoms with Gasteiger partial charge >= 0.3 is 5.97 Å². The third-order valence-corrected chi connectivity index (χ3v) is 4.59. The Morgan fingerprint density at radius 1 is 1.05 bits per heavy atom. The number of unbranched alkanes of at least 4 members (excludes halogenated alkanes) is 7. The molecule has 0 aromatic heterocycles. The number of carboxylic acids is 1. The van der Waals surface area contributed by atoms with Gasteiger partial charge in [0.05, 0.1) is 5.92 Å². The van der Waals surface area contributed by atoms with Crippen LogP contribution in [0.4, 0.5) is 0 Å². The van der Waals surface area contributed by atoms with E-state index in [4.69, 9.17) is 5.11 Å². The number of aliphatic carboxylic acids is 1. The molecule has 0 aliphatic heterocycles. The van der Waals surface area contributed by atoms with Crippen molar-refractivity contribution in [3.63, 3.8) is 0 Å². The van der Waals surface area contributed by atoms with Crippen LogP contribution in [0.1, 0.15) is 77.6 Å². The fourth-order valence-corrected chi connectivity index (χ4v) is 3.28. The Labute approximate surface area is 124 Å². The van der Waals surface area contributed by atoms with E-state index in [1.807, 2.05) is 0 Å². The molecule has 3 nitrogen and oxygen atoms in total. The SMILES string of the molecule is CCCCCCCCCCNCC1CCCC1C(=O)O. The van der Waals surface area contributed by atoms with Crippen molar-refractivity contribution >= 4 is 5.97 Å². The smallest absolute Gasteiger partial charge is 0.306 e. The van der Waals surface area contributed by atoms with Crippen LogP contribution >= 0.6 is 0 Å². The first-order chi connectivity index (χ1) is 9.75. The predicted molar refractivity (Wildman–Crippen MR) is 83.9 cm³/mol. The van der Waals surface area contributed by atoms with Crippen LogP contribution in [-0.4, -0.2) is 24.2 Å². The van der Waals surface area contributed by atoms with Gasteiger partial charge in [0.1, 0.15) is 0 Å². The van der Waals surface area contributed by atoms with Gasteiger partial charge < -0.3 is 10.4 Å². The Balaban J connectivity index is 1.88. The van der Waals surface area contributed by atoms with Crippen molar-refractivity contribution in [3.05, 3.63) is 0 Å². The van der Waals surface area contributed by atoms with E-state index in [0.717, 1.165) is 32.4 Å². The average Bonchev–Trinajstić information content (AvgIpc) is 2.89. The summed E-state index contributed by atoms with van der Waals surface area (Å²) in [4.78, 5) is 11.1. The van der Waals surface area contributed by atoms with Gasteiger partial charge in [-0.05, 0) is 38.3 Å². The molecule has 0 saturated heterocycles. The molecule has 0 aromatic rings. The van der Waals surface area contributed by atoms with Gasteiger partial charge in [0.25, 0.3) is 0 Å². The molecule has 0 spiro atoms. The van der Waals surface area contributed by atoms with Gasteiger partial charge in [-0.25, -0.2) is 0 Å². The van der Waals surface area contributed by atoms with Crippen molar-refractivity contribution in [2.45, 2.75) is 77.6 Å². The van der Waals surface area contributed by atoms with Gasteiger partial charge in [0, 0.05) is 0 Å². The van der Waals surface area contributed by atoms with Gasteiger partial charge in [-0.2, -0.15) is 0 Å². The molecule has 1 aliphatic carbocycles. The highest BCUT2D eigenvalue weighted by atomic mass is 16.4. The molecule has 2 atom stereocenters. The van der Waals surface area contributed by atoms with Crippen LogP contribution in [0.2, 0.25) is 0 Å². The fraction of sp³-hybridized carbons (Fsp3) is 0.941. The molecule has 1 rings (SSSR count). The number of carbonyl (C=O) groups is 1. The summed E-state index contributed by atoms with van der Waals surface area (Å²) in [6, 6.07) is 0. The standard InChI is InChI=1S/C17H33NO2/c1-2-3-4-5-6-7-8-9-13-18-14-15-11-10-12-16(15)17(19)20/h15-16,18H,2-14H2,1H3,(H,19,20). The second-order valence-electron chi connectivity index (χ2n) is 6.31. The monoisotopic (exact) mass is 283 g/mol. The molecule has 0 bridgehead atoms. The summed E-state index contributed by atoms with van der Waals surface area (Å²) in [5, 5.41) is 12.6. The molecule has 1 saturated carbocycles. The zero-order chi connectivity index (χ0) is 14.6. The summed E-state index contributed by atoms with van der Waals surface area (Å²) < 4.78 is 0. The highest BCUT2D eigenvalue weighted by molar-refractivity contribution is 5.70. The maximum atomic E-state index is 11.1. The molecule has 1 fully saturated rings. The van der Waals surface area contributed by atoms with Crippen molar-refractivity contribution in [2.75, 3.05) is 13.1 Å². The fourth-order valence-electron chi connectivity index (χ4n) is 3.28. The minimum absolute atomic E-state index is 0.0962. The van der Waals surface area contributed by atoms with Gasteiger partial charge in [0.2, 0.25) is 0 Å². The van der Waals surface area contributed by atoms with E-state index in [-0.39, 0.29) is 5.92 Å². The van der Waals surface area contributed by atoms with Crippen LogP contribution in [-0.2, 0) is 4.79 Å². The molecule has 3 heteroatoms. The first-order valence-corrected chi connectivity index (χ1v) is 8.69. The second kappa shape index (κ2) is 11.1. The van der Waals surface area contributed by atoms with Crippen molar-refractivity contribution in [3.8, 4) is 0 Å². The summed E-state index contributed by atoms with van der Waals surface area (Å²) in [6.45, 7) is 4.20. The Morgan fingerprint density at radius 2 is 1.70 bits per heavy atom. The number of nitrogens with one attached hydrogen (secondary N) is 1. The van der Waals surface area contributed by atoms with E-state index in [0.29, 0.717) is 5.92 Å². The normalized spacial score (nSPS) is 22.2. The molecule has 1 aliphatic rings. The Bertz CT molecular complexity index is 255. The molecule has 0 aromatic carbocycles. The first-order valence-electron chi connectivity index (χ1n) is 8.69. The van der Waals surface area contributed by atoms with E-state index < -0.39 is 5.97 Å². The number of hydrogen-bond acceptors (Lipinski definition) is 2. The highest BCUT2D eigenvalue weighted by Gasteiger charge is 2.32. The molecule has 0 radical (unpaired) electrons. The van der Waals surface area contributed by atoms with Crippen LogP contribution in [0.25, 0.3) is 0 Å². The minimum atomic E-state index is -0.596. The maximum absolute atomic E-state index is 11.1. The highest BCUT2D eigenvalue weighted by Crippen LogP contribution is 2.31. The van der Waals surface area contributed by atoms with Crippen LogP contribution in [0.15, 0.2) is 0 Å². The topological polar surface area (TPSA) is 49.3 Å². The van der Waals surface area contributed by atoms with Crippen LogP contribution in [0, 0.1) is 11.8 Å². The van der Waals surface area contributed by atoms with Crippen molar-refractivity contribution < 1.29 is 9.90 Å². The maximum Gasteiger partial charge on any atom is 0.306 e. The van der Waals surface area contributed by atoms with E-state index in [1.165, 1.54) is 51.4 Å². The van der Waals surface area contributed by atoms with E-state index in [9.17, 15) is 4.79 Å². The molecule has 0 heterocycles.